The molecule has 6 heteroatoms. The molecule has 1 atom stereocenters. The van der Waals surface area contributed by atoms with Gasteiger partial charge in [-0.25, -0.2) is 4.79 Å². The van der Waals surface area contributed by atoms with Gasteiger partial charge in [0.25, 0.3) is 0 Å². The summed E-state index contributed by atoms with van der Waals surface area (Å²) in [5.41, 5.74) is 5.86. The molecule has 2 rings (SSSR count). The molecule has 0 aliphatic rings. The van der Waals surface area contributed by atoms with E-state index in [1.807, 2.05) is 24.3 Å². The van der Waals surface area contributed by atoms with Gasteiger partial charge in [-0.1, -0.05) is 35.9 Å². The van der Waals surface area contributed by atoms with Crippen LogP contribution in [0.15, 0.2) is 54.6 Å². The highest BCUT2D eigenvalue weighted by molar-refractivity contribution is 6.30. The number of carbonyl (C=O) groups excluding carboxylic acids is 1. The lowest BCUT2D eigenvalue weighted by atomic mass is 10.1. The van der Waals surface area contributed by atoms with Crippen LogP contribution in [0.25, 0.3) is 6.08 Å². The number of rotatable bonds is 5. The third kappa shape index (κ3) is 5.02. The summed E-state index contributed by atoms with van der Waals surface area (Å²) in [4.78, 5) is 10.9. The van der Waals surface area contributed by atoms with Crippen LogP contribution < -0.4 is 10.5 Å². The number of benzene rings is 2. The minimum Gasteiger partial charge on any atom is -0.457 e. The zero-order chi connectivity index (χ0) is 16.8. The quantitative estimate of drug-likeness (QED) is 0.633. The van der Waals surface area contributed by atoms with Crippen LogP contribution in [0.5, 0.6) is 11.5 Å². The van der Waals surface area contributed by atoms with E-state index >= 15 is 0 Å². The third-order valence-electron chi connectivity index (χ3n) is 3.09. The number of hydroxylamine groups is 2. The van der Waals surface area contributed by atoms with Gasteiger partial charge in [0.15, 0.2) is 0 Å². The fourth-order valence-corrected chi connectivity index (χ4v) is 1.98. The summed E-state index contributed by atoms with van der Waals surface area (Å²) in [5.74, 6) is 1.34. The zero-order valence-electron chi connectivity index (χ0n) is 12.5. The van der Waals surface area contributed by atoms with Gasteiger partial charge in [-0.05, 0) is 48.9 Å². The minimum atomic E-state index is -0.901. The number of hydrogen-bond acceptors (Lipinski definition) is 3. The summed E-state index contributed by atoms with van der Waals surface area (Å²) in [6.07, 6.45) is 3.43. The number of ether oxygens (including phenoxy) is 1. The van der Waals surface area contributed by atoms with E-state index in [9.17, 15) is 10.0 Å². The molecular formula is C17H17ClN2O3. The predicted octanol–water partition coefficient (Wildman–Crippen LogP) is 4.30. The maximum atomic E-state index is 10.9. The van der Waals surface area contributed by atoms with Crippen LogP contribution in [-0.4, -0.2) is 22.3 Å². The second-order valence-electron chi connectivity index (χ2n) is 4.91. The van der Waals surface area contributed by atoms with Gasteiger partial charge in [0, 0.05) is 5.02 Å². The summed E-state index contributed by atoms with van der Waals surface area (Å²) >= 11 is 5.84. The largest absolute Gasteiger partial charge is 0.457 e. The second-order valence-corrected chi connectivity index (χ2v) is 5.35. The molecular weight excluding hydrogens is 316 g/mol. The highest BCUT2D eigenvalue weighted by Gasteiger charge is 2.11. The van der Waals surface area contributed by atoms with Gasteiger partial charge in [-0.2, -0.15) is 5.06 Å². The Morgan fingerprint density at radius 3 is 2.61 bits per heavy atom. The first-order chi connectivity index (χ1) is 11.0. The van der Waals surface area contributed by atoms with Crippen LogP contribution in [-0.2, 0) is 0 Å². The van der Waals surface area contributed by atoms with Crippen LogP contribution in [0.2, 0.25) is 5.02 Å². The number of amides is 2. The van der Waals surface area contributed by atoms with E-state index in [-0.39, 0.29) is 0 Å². The molecule has 120 valence electrons. The van der Waals surface area contributed by atoms with Crippen LogP contribution in [0.1, 0.15) is 12.5 Å². The lowest BCUT2D eigenvalue weighted by Gasteiger charge is -2.16. The van der Waals surface area contributed by atoms with Crippen molar-refractivity contribution in [2.75, 3.05) is 0 Å². The van der Waals surface area contributed by atoms with Crippen molar-refractivity contribution in [2.45, 2.75) is 13.0 Å². The van der Waals surface area contributed by atoms with Gasteiger partial charge >= 0.3 is 6.03 Å². The number of halogens is 1. The molecule has 5 nitrogen and oxygen atoms in total. The maximum absolute atomic E-state index is 10.9. The van der Waals surface area contributed by atoms with Crippen molar-refractivity contribution in [3.63, 3.8) is 0 Å². The Kier molecular flexibility index (Phi) is 5.62. The molecule has 0 bridgehead atoms. The first kappa shape index (κ1) is 16.9. The van der Waals surface area contributed by atoms with Gasteiger partial charge in [-0.3, -0.25) is 5.21 Å². The summed E-state index contributed by atoms with van der Waals surface area (Å²) < 4.78 is 5.74. The van der Waals surface area contributed by atoms with Gasteiger partial charge in [0.1, 0.15) is 11.5 Å². The molecule has 2 amide bonds. The highest BCUT2D eigenvalue weighted by Crippen LogP contribution is 2.24. The molecule has 0 aromatic heterocycles. The summed E-state index contributed by atoms with van der Waals surface area (Å²) in [6, 6.07) is 13.0. The maximum Gasteiger partial charge on any atom is 0.339 e. The molecule has 0 aliphatic carbocycles. The second kappa shape index (κ2) is 7.67. The Bertz CT molecular complexity index is 701. The lowest BCUT2D eigenvalue weighted by molar-refractivity contribution is -0.0560. The number of carbonyl (C=O) groups is 1. The molecule has 23 heavy (non-hydrogen) atoms. The first-order valence-electron chi connectivity index (χ1n) is 6.95. The van der Waals surface area contributed by atoms with E-state index in [1.54, 1.807) is 43.3 Å². The average molecular weight is 333 g/mol. The van der Waals surface area contributed by atoms with Crippen LogP contribution in [0, 0.1) is 0 Å². The standard InChI is InChI=1S/C17H17ClN2O3/c1-12(20(22)17(19)21)5-6-13-3-2-4-16(11-13)23-15-9-7-14(18)8-10-15/h2-12,22H,1H3,(H2,19,21). The van der Waals surface area contributed by atoms with E-state index in [4.69, 9.17) is 22.1 Å². The fourth-order valence-electron chi connectivity index (χ4n) is 1.85. The van der Waals surface area contributed by atoms with Crippen LogP contribution >= 0.6 is 11.6 Å². The highest BCUT2D eigenvalue weighted by atomic mass is 35.5. The fraction of sp³-hybridized carbons (Fsp3) is 0.118. The van der Waals surface area contributed by atoms with Crippen molar-refractivity contribution in [1.29, 1.82) is 0 Å². The SMILES string of the molecule is CC(C=Cc1cccc(Oc2ccc(Cl)cc2)c1)N(O)C(N)=O. The Hall–Kier alpha value is -2.50. The average Bonchev–Trinajstić information content (AvgIpc) is 2.54. The van der Waals surface area contributed by atoms with Gasteiger partial charge in [0.2, 0.25) is 0 Å². The number of nitrogens with zero attached hydrogens (tertiary/aromatic N) is 1. The molecule has 0 aliphatic heterocycles. The lowest BCUT2D eigenvalue weighted by Crippen LogP contribution is -2.38. The number of nitrogens with two attached hydrogens (primary N) is 1. The van der Waals surface area contributed by atoms with Crippen molar-refractivity contribution in [2.24, 2.45) is 5.73 Å². The number of urea groups is 1. The summed E-state index contributed by atoms with van der Waals surface area (Å²) in [6.45, 7) is 1.65. The monoisotopic (exact) mass is 332 g/mol. The van der Waals surface area contributed by atoms with Crippen molar-refractivity contribution in [3.05, 3.63) is 65.2 Å². The minimum absolute atomic E-state index is 0.463. The van der Waals surface area contributed by atoms with Gasteiger partial charge in [0.05, 0.1) is 6.04 Å². The predicted molar refractivity (Wildman–Crippen MR) is 89.7 cm³/mol. The van der Waals surface area contributed by atoms with E-state index in [0.717, 1.165) is 5.56 Å². The van der Waals surface area contributed by atoms with Crippen LogP contribution in [0.4, 0.5) is 4.79 Å². The van der Waals surface area contributed by atoms with Gasteiger partial charge < -0.3 is 10.5 Å². The number of hydrogen-bond donors (Lipinski definition) is 2. The molecule has 0 saturated heterocycles. The van der Waals surface area contributed by atoms with Crippen LogP contribution in [0.3, 0.4) is 0 Å². The topological polar surface area (TPSA) is 75.8 Å². The van der Waals surface area contributed by atoms with Crippen molar-refractivity contribution in [1.82, 2.24) is 5.06 Å². The van der Waals surface area contributed by atoms with Crippen molar-refractivity contribution < 1.29 is 14.7 Å². The van der Waals surface area contributed by atoms with E-state index in [1.165, 1.54) is 0 Å². The smallest absolute Gasteiger partial charge is 0.339 e. The van der Waals surface area contributed by atoms with E-state index < -0.39 is 12.1 Å². The molecule has 1 unspecified atom stereocenters. The molecule has 0 fully saturated rings. The van der Waals surface area contributed by atoms with Crippen molar-refractivity contribution in [3.8, 4) is 11.5 Å². The molecule has 2 aromatic rings. The molecule has 0 saturated carbocycles. The Labute approximate surface area is 139 Å². The molecule has 2 aromatic carbocycles. The van der Waals surface area contributed by atoms with E-state index in [0.29, 0.717) is 21.6 Å². The Morgan fingerprint density at radius 2 is 1.96 bits per heavy atom. The molecule has 0 heterocycles. The summed E-state index contributed by atoms with van der Waals surface area (Å²) in [5, 5.41) is 10.5. The third-order valence-corrected chi connectivity index (χ3v) is 3.34. The molecule has 0 radical (unpaired) electrons. The molecule has 3 N–H and O–H groups in total. The van der Waals surface area contributed by atoms with Crippen molar-refractivity contribution >= 4 is 23.7 Å². The number of primary amides is 1. The Morgan fingerprint density at radius 1 is 1.26 bits per heavy atom. The first-order valence-corrected chi connectivity index (χ1v) is 7.33. The van der Waals surface area contributed by atoms with Gasteiger partial charge in [-0.15, -0.1) is 0 Å². The zero-order valence-corrected chi connectivity index (χ0v) is 13.3. The van der Waals surface area contributed by atoms with E-state index in [2.05, 4.69) is 0 Å². The molecule has 0 spiro atoms. The Balaban J connectivity index is 2.07. The summed E-state index contributed by atoms with van der Waals surface area (Å²) in [7, 11) is 0. The normalized spacial score (nSPS) is 12.1.